The molecule has 0 saturated heterocycles. The van der Waals surface area contributed by atoms with E-state index >= 15 is 0 Å². The van der Waals surface area contributed by atoms with Crippen LogP contribution in [0.1, 0.15) is 23.6 Å². The van der Waals surface area contributed by atoms with E-state index in [1.54, 1.807) is 13.3 Å². The van der Waals surface area contributed by atoms with Crippen LogP contribution in [-0.4, -0.2) is 19.1 Å². The van der Waals surface area contributed by atoms with Gasteiger partial charge in [0.25, 0.3) is 0 Å². The van der Waals surface area contributed by atoms with E-state index in [0.29, 0.717) is 11.9 Å². The minimum atomic E-state index is 0.510. The molecule has 2 aromatic rings. The van der Waals surface area contributed by atoms with Gasteiger partial charge in [-0.1, -0.05) is 18.2 Å². The minimum absolute atomic E-state index is 0.510. The van der Waals surface area contributed by atoms with Crippen molar-refractivity contribution in [2.24, 2.45) is 0 Å². The summed E-state index contributed by atoms with van der Waals surface area (Å²) < 4.78 is 5.18. The first-order valence-electron chi connectivity index (χ1n) is 6.62. The Morgan fingerprint density at radius 3 is 2.84 bits per heavy atom. The van der Waals surface area contributed by atoms with Gasteiger partial charge in [0.05, 0.1) is 7.11 Å². The predicted octanol–water partition coefficient (Wildman–Crippen LogP) is 2.96. The van der Waals surface area contributed by atoms with Crippen molar-refractivity contribution in [3.8, 4) is 17.0 Å². The number of rotatable bonds is 3. The molecule has 3 heteroatoms. The summed E-state index contributed by atoms with van der Waals surface area (Å²) in [7, 11) is 3.67. The van der Waals surface area contributed by atoms with E-state index in [4.69, 9.17) is 4.74 Å². The Bertz CT molecular complexity index is 595. The average Bonchev–Trinajstić information content (AvgIpc) is 2.89. The second-order valence-electron chi connectivity index (χ2n) is 4.88. The summed E-state index contributed by atoms with van der Waals surface area (Å²) in [5, 5.41) is 3.37. The maximum absolute atomic E-state index is 5.18. The molecule has 0 saturated carbocycles. The fourth-order valence-electron chi connectivity index (χ4n) is 2.80. The van der Waals surface area contributed by atoms with Gasteiger partial charge >= 0.3 is 0 Å². The van der Waals surface area contributed by atoms with Crippen molar-refractivity contribution in [3.05, 3.63) is 47.7 Å². The Labute approximate surface area is 113 Å². The molecule has 0 bridgehead atoms. The highest BCUT2D eigenvalue weighted by Gasteiger charge is 2.20. The van der Waals surface area contributed by atoms with Crippen LogP contribution in [-0.2, 0) is 6.42 Å². The molecule has 1 heterocycles. The molecule has 0 amide bonds. The molecular weight excluding hydrogens is 236 g/mol. The molecule has 98 valence electrons. The molecule has 1 aliphatic rings. The molecule has 3 rings (SSSR count). The lowest BCUT2D eigenvalue weighted by atomic mass is 10.0. The number of hydrogen-bond donors (Lipinski definition) is 1. The standard InChI is InChI=1S/C16H18N2O/c1-17-15-6-4-13-9-11(3-5-14(13)15)12-7-8-18-16(10-12)19-2/h3,5,7-10,15,17H,4,6H2,1-2H3. The van der Waals surface area contributed by atoms with Crippen molar-refractivity contribution >= 4 is 0 Å². The zero-order valence-corrected chi connectivity index (χ0v) is 11.3. The number of aryl methyl sites for hydroxylation is 1. The van der Waals surface area contributed by atoms with E-state index in [-0.39, 0.29) is 0 Å². The largest absolute Gasteiger partial charge is 0.481 e. The van der Waals surface area contributed by atoms with Gasteiger partial charge in [-0.15, -0.1) is 0 Å². The molecule has 19 heavy (non-hydrogen) atoms. The molecule has 1 N–H and O–H groups in total. The molecule has 0 fully saturated rings. The van der Waals surface area contributed by atoms with Gasteiger partial charge in [0.15, 0.2) is 0 Å². The van der Waals surface area contributed by atoms with Crippen molar-refractivity contribution in [1.29, 1.82) is 0 Å². The zero-order valence-electron chi connectivity index (χ0n) is 11.3. The van der Waals surface area contributed by atoms with Crippen LogP contribution < -0.4 is 10.1 Å². The predicted molar refractivity (Wildman–Crippen MR) is 76.3 cm³/mol. The van der Waals surface area contributed by atoms with Gasteiger partial charge in [0.2, 0.25) is 5.88 Å². The lowest BCUT2D eigenvalue weighted by Crippen LogP contribution is -2.12. The SMILES string of the molecule is CNC1CCc2cc(-c3ccnc(OC)c3)ccc21. The summed E-state index contributed by atoms with van der Waals surface area (Å²) in [4.78, 5) is 4.15. The molecule has 0 spiro atoms. The topological polar surface area (TPSA) is 34.2 Å². The van der Waals surface area contributed by atoms with Crippen LogP contribution in [0.2, 0.25) is 0 Å². The maximum Gasteiger partial charge on any atom is 0.213 e. The van der Waals surface area contributed by atoms with Crippen LogP contribution in [0.3, 0.4) is 0 Å². The van der Waals surface area contributed by atoms with Gasteiger partial charge in [-0.05, 0) is 48.2 Å². The first-order chi connectivity index (χ1) is 9.31. The van der Waals surface area contributed by atoms with E-state index in [2.05, 4.69) is 28.5 Å². The molecule has 1 aliphatic carbocycles. The van der Waals surface area contributed by atoms with Crippen LogP contribution in [0.4, 0.5) is 0 Å². The molecule has 3 nitrogen and oxygen atoms in total. The van der Waals surface area contributed by atoms with E-state index in [1.165, 1.54) is 23.1 Å². The van der Waals surface area contributed by atoms with Crippen molar-refractivity contribution in [1.82, 2.24) is 10.3 Å². The first-order valence-corrected chi connectivity index (χ1v) is 6.62. The molecule has 0 radical (unpaired) electrons. The third kappa shape index (κ3) is 2.22. The number of aromatic nitrogens is 1. The Balaban J connectivity index is 1.98. The Hall–Kier alpha value is -1.87. The van der Waals surface area contributed by atoms with E-state index in [1.807, 2.05) is 19.2 Å². The minimum Gasteiger partial charge on any atom is -0.481 e. The average molecular weight is 254 g/mol. The van der Waals surface area contributed by atoms with Crippen LogP contribution in [0, 0.1) is 0 Å². The van der Waals surface area contributed by atoms with Crippen LogP contribution in [0.25, 0.3) is 11.1 Å². The normalized spacial score (nSPS) is 17.3. The van der Waals surface area contributed by atoms with Crippen molar-refractivity contribution in [2.75, 3.05) is 14.2 Å². The van der Waals surface area contributed by atoms with E-state index < -0.39 is 0 Å². The fraction of sp³-hybridized carbons (Fsp3) is 0.312. The van der Waals surface area contributed by atoms with Crippen molar-refractivity contribution < 1.29 is 4.74 Å². The highest BCUT2D eigenvalue weighted by molar-refractivity contribution is 5.66. The Morgan fingerprint density at radius 1 is 1.21 bits per heavy atom. The van der Waals surface area contributed by atoms with Gasteiger partial charge < -0.3 is 10.1 Å². The number of pyridine rings is 1. The molecule has 0 aliphatic heterocycles. The number of fused-ring (bicyclic) bond motifs is 1. The summed E-state index contributed by atoms with van der Waals surface area (Å²) in [6.45, 7) is 0. The van der Waals surface area contributed by atoms with E-state index in [0.717, 1.165) is 12.0 Å². The van der Waals surface area contributed by atoms with Crippen molar-refractivity contribution in [2.45, 2.75) is 18.9 Å². The summed E-state index contributed by atoms with van der Waals surface area (Å²) >= 11 is 0. The summed E-state index contributed by atoms with van der Waals surface area (Å²) in [6.07, 6.45) is 4.13. The number of ether oxygens (including phenoxy) is 1. The first kappa shape index (κ1) is 12.2. The summed E-state index contributed by atoms with van der Waals surface area (Å²) in [6, 6.07) is 11.2. The third-order valence-electron chi connectivity index (χ3n) is 3.85. The maximum atomic E-state index is 5.18. The van der Waals surface area contributed by atoms with Crippen LogP contribution in [0.15, 0.2) is 36.5 Å². The number of methoxy groups -OCH3 is 1. The van der Waals surface area contributed by atoms with Gasteiger partial charge in [-0.3, -0.25) is 0 Å². The zero-order chi connectivity index (χ0) is 13.2. The molecular formula is C16H18N2O. The molecule has 1 aromatic heterocycles. The lowest BCUT2D eigenvalue weighted by Gasteiger charge is -2.11. The molecule has 1 aromatic carbocycles. The molecule has 1 atom stereocenters. The van der Waals surface area contributed by atoms with Gasteiger partial charge in [-0.2, -0.15) is 0 Å². The van der Waals surface area contributed by atoms with Gasteiger partial charge in [0, 0.05) is 18.3 Å². The van der Waals surface area contributed by atoms with Gasteiger partial charge in [0.1, 0.15) is 0 Å². The fourth-order valence-corrected chi connectivity index (χ4v) is 2.80. The third-order valence-corrected chi connectivity index (χ3v) is 3.85. The number of hydrogen-bond acceptors (Lipinski definition) is 3. The monoisotopic (exact) mass is 254 g/mol. The summed E-state index contributed by atoms with van der Waals surface area (Å²) in [5.74, 6) is 0.658. The van der Waals surface area contributed by atoms with E-state index in [9.17, 15) is 0 Å². The number of nitrogens with one attached hydrogen (secondary N) is 1. The highest BCUT2D eigenvalue weighted by Crippen LogP contribution is 2.34. The molecule has 1 unspecified atom stereocenters. The van der Waals surface area contributed by atoms with Crippen LogP contribution >= 0.6 is 0 Å². The quantitative estimate of drug-likeness (QED) is 0.914. The Kier molecular flexibility index (Phi) is 3.22. The summed E-state index contributed by atoms with van der Waals surface area (Å²) in [5.41, 5.74) is 5.28. The van der Waals surface area contributed by atoms with Crippen molar-refractivity contribution in [3.63, 3.8) is 0 Å². The highest BCUT2D eigenvalue weighted by atomic mass is 16.5. The number of nitrogens with zero attached hydrogens (tertiary/aromatic N) is 1. The van der Waals surface area contributed by atoms with Gasteiger partial charge in [-0.25, -0.2) is 4.98 Å². The van der Waals surface area contributed by atoms with Crippen LogP contribution in [0.5, 0.6) is 5.88 Å². The smallest absolute Gasteiger partial charge is 0.213 e. The Morgan fingerprint density at radius 2 is 2.05 bits per heavy atom. The number of benzene rings is 1. The second kappa shape index (κ2) is 5.02. The lowest BCUT2D eigenvalue weighted by molar-refractivity contribution is 0.398. The second-order valence-corrected chi connectivity index (χ2v) is 4.88.